The second-order valence-electron chi connectivity index (χ2n) is 5.07. The van der Waals surface area contributed by atoms with Crippen molar-refractivity contribution in [2.75, 3.05) is 7.05 Å². The van der Waals surface area contributed by atoms with E-state index in [0.717, 1.165) is 6.42 Å². The molecule has 3 rings (SSSR count). The standard InChI is InChI=1S/C17H17N.C2H5NO/c1-2-14(13-8-4-3-5-9-13)16-12-18-17-11-7-6-10-15(16)17;1-3-2-4/h3-12,14,18H,2H2,1H3;2H,1H3,(H,3,4). The van der Waals surface area contributed by atoms with Crippen molar-refractivity contribution in [1.82, 2.24) is 10.3 Å². The number of fused-ring (bicyclic) bond motifs is 1. The molecule has 3 nitrogen and oxygen atoms in total. The molecule has 22 heavy (non-hydrogen) atoms. The minimum absolute atomic E-state index is 0.474. The quantitative estimate of drug-likeness (QED) is 0.700. The monoisotopic (exact) mass is 294 g/mol. The number of rotatable bonds is 4. The Hall–Kier alpha value is -2.55. The Balaban J connectivity index is 0.000000396. The van der Waals surface area contributed by atoms with Gasteiger partial charge in [0.1, 0.15) is 0 Å². The van der Waals surface area contributed by atoms with E-state index in [0.29, 0.717) is 12.3 Å². The molecule has 1 aromatic heterocycles. The first-order valence-corrected chi connectivity index (χ1v) is 7.53. The Bertz CT molecular complexity index is 704. The first kappa shape index (κ1) is 15.8. The molecule has 2 N–H and O–H groups in total. The Labute approximate surface area is 131 Å². The average Bonchev–Trinajstić information content (AvgIpc) is 3.01. The maximum atomic E-state index is 9.06. The first-order valence-electron chi connectivity index (χ1n) is 7.53. The highest BCUT2D eigenvalue weighted by Gasteiger charge is 2.15. The van der Waals surface area contributed by atoms with Gasteiger partial charge in [0.2, 0.25) is 6.41 Å². The molecule has 2 aromatic carbocycles. The molecule has 0 bridgehead atoms. The summed E-state index contributed by atoms with van der Waals surface area (Å²) in [6, 6.07) is 19.3. The third kappa shape index (κ3) is 3.55. The Morgan fingerprint density at radius 3 is 2.36 bits per heavy atom. The zero-order valence-electron chi connectivity index (χ0n) is 13.0. The normalized spacial score (nSPS) is 11.4. The maximum absolute atomic E-state index is 9.06. The van der Waals surface area contributed by atoms with Gasteiger partial charge in [-0.1, -0.05) is 55.5 Å². The van der Waals surface area contributed by atoms with Crippen LogP contribution in [0.1, 0.15) is 30.4 Å². The van der Waals surface area contributed by atoms with Gasteiger partial charge in [-0.15, -0.1) is 0 Å². The van der Waals surface area contributed by atoms with Crippen LogP contribution >= 0.6 is 0 Å². The number of aromatic nitrogens is 1. The molecule has 0 fully saturated rings. The Morgan fingerprint density at radius 1 is 1.09 bits per heavy atom. The van der Waals surface area contributed by atoms with Gasteiger partial charge < -0.3 is 10.3 Å². The van der Waals surface area contributed by atoms with E-state index in [1.807, 2.05) is 0 Å². The second-order valence-corrected chi connectivity index (χ2v) is 5.07. The molecule has 0 aliphatic rings. The molecular formula is C19H22N2O. The lowest BCUT2D eigenvalue weighted by Gasteiger charge is -2.14. The summed E-state index contributed by atoms with van der Waals surface area (Å²) < 4.78 is 0. The number of para-hydroxylation sites is 1. The van der Waals surface area contributed by atoms with E-state index in [1.165, 1.54) is 22.0 Å². The first-order chi connectivity index (χ1) is 10.8. The maximum Gasteiger partial charge on any atom is 0.206 e. The van der Waals surface area contributed by atoms with Gasteiger partial charge in [0.15, 0.2) is 0 Å². The van der Waals surface area contributed by atoms with Gasteiger partial charge in [0.25, 0.3) is 0 Å². The van der Waals surface area contributed by atoms with Crippen molar-refractivity contribution in [3.05, 3.63) is 71.9 Å². The number of nitrogens with one attached hydrogen (secondary N) is 2. The van der Waals surface area contributed by atoms with Crippen LogP contribution in [0.5, 0.6) is 0 Å². The van der Waals surface area contributed by atoms with E-state index in [-0.39, 0.29) is 0 Å². The van der Waals surface area contributed by atoms with Crippen LogP contribution in [0.3, 0.4) is 0 Å². The molecule has 0 saturated carbocycles. The van der Waals surface area contributed by atoms with Crippen molar-refractivity contribution >= 4 is 17.3 Å². The minimum Gasteiger partial charge on any atom is -0.362 e. The van der Waals surface area contributed by atoms with Crippen molar-refractivity contribution in [2.45, 2.75) is 19.3 Å². The number of benzene rings is 2. The molecule has 3 heteroatoms. The summed E-state index contributed by atoms with van der Waals surface area (Å²) in [6.45, 7) is 2.25. The number of amides is 1. The third-order valence-electron chi connectivity index (χ3n) is 3.72. The Kier molecular flexibility index (Phi) is 5.78. The minimum atomic E-state index is 0.474. The smallest absolute Gasteiger partial charge is 0.206 e. The predicted octanol–water partition coefficient (Wildman–Crippen LogP) is 4.07. The molecule has 0 aliphatic heterocycles. The van der Waals surface area contributed by atoms with Gasteiger partial charge in [-0.3, -0.25) is 4.79 Å². The zero-order valence-corrected chi connectivity index (χ0v) is 13.0. The SMILES string of the molecule is CCC(c1ccccc1)c1c[nH]c2ccccc12.CNC=O. The largest absolute Gasteiger partial charge is 0.362 e. The zero-order chi connectivity index (χ0) is 15.8. The van der Waals surface area contributed by atoms with Crippen LogP contribution < -0.4 is 5.32 Å². The summed E-state index contributed by atoms with van der Waals surface area (Å²) in [6.07, 6.45) is 3.90. The summed E-state index contributed by atoms with van der Waals surface area (Å²) in [4.78, 5) is 12.4. The van der Waals surface area contributed by atoms with Crippen LogP contribution in [0.15, 0.2) is 60.8 Å². The highest BCUT2D eigenvalue weighted by atomic mass is 16.1. The lowest BCUT2D eigenvalue weighted by molar-refractivity contribution is -0.109. The van der Waals surface area contributed by atoms with E-state index in [1.54, 1.807) is 7.05 Å². The summed E-state index contributed by atoms with van der Waals surface area (Å²) in [5, 5.41) is 3.59. The fourth-order valence-corrected chi connectivity index (χ4v) is 2.70. The van der Waals surface area contributed by atoms with Crippen LogP contribution in [-0.2, 0) is 4.79 Å². The van der Waals surface area contributed by atoms with Gasteiger partial charge in [-0.25, -0.2) is 0 Å². The molecule has 0 radical (unpaired) electrons. The summed E-state index contributed by atoms with van der Waals surface area (Å²) in [7, 11) is 1.56. The van der Waals surface area contributed by atoms with Crippen LogP contribution in [0.25, 0.3) is 10.9 Å². The van der Waals surface area contributed by atoms with Crippen LogP contribution in [0.2, 0.25) is 0 Å². The summed E-state index contributed by atoms with van der Waals surface area (Å²) in [5.41, 5.74) is 4.02. The van der Waals surface area contributed by atoms with Crippen molar-refractivity contribution < 1.29 is 4.79 Å². The van der Waals surface area contributed by atoms with E-state index in [2.05, 4.69) is 78.0 Å². The van der Waals surface area contributed by atoms with Gasteiger partial charge in [-0.05, 0) is 23.6 Å². The van der Waals surface area contributed by atoms with Crippen molar-refractivity contribution in [1.29, 1.82) is 0 Å². The number of hydrogen-bond donors (Lipinski definition) is 2. The Morgan fingerprint density at radius 2 is 1.73 bits per heavy atom. The molecule has 114 valence electrons. The molecule has 1 atom stereocenters. The number of hydrogen-bond acceptors (Lipinski definition) is 1. The van der Waals surface area contributed by atoms with Crippen molar-refractivity contribution in [3.8, 4) is 0 Å². The highest BCUT2D eigenvalue weighted by Crippen LogP contribution is 2.32. The summed E-state index contributed by atoms with van der Waals surface area (Å²) in [5.74, 6) is 0.474. The molecule has 0 spiro atoms. The van der Waals surface area contributed by atoms with Crippen molar-refractivity contribution in [3.63, 3.8) is 0 Å². The number of aromatic amines is 1. The highest BCUT2D eigenvalue weighted by molar-refractivity contribution is 5.84. The molecule has 1 amide bonds. The molecule has 3 aromatic rings. The summed E-state index contributed by atoms with van der Waals surface area (Å²) >= 11 is 0. The topological polar surface area (TPSA) is 44.9 Å². The average molecular weight is 294 g/mol. The van der Waals surface area contributed by atoms with Gasteiger partial charge in [0, 0.05) is 30.1 Å². The van der Waals surface area contributed by atoms with Crippen LogP contribution in [0.4, 0.5) is 0 Å². The lowest BCUT2D eigenvalue weighted by atomic mass is 9.89. The van der Waals surface area contributed by atoms with Crippen LogP contribution in [0, 0.1) is 0 Å². The second kappa shape index (κ2) is 8.03. The number of carbonyl (C=O) groups is 1. The van der Waals surface area contributed by atoms with Gasteiger partial charge in [0.05, 0.1) is 0 Å². The predicted molar refractivity (Wildman–Crippen MR) is 92.0 cm³/mol. The van der Waals surface area contributed by atoms with Crippen LogP contribution in [-0.4, -0.2) is 18.4 Å². The molecule has 1 heterocycles. The number of H-pyrrole nitrogens is 1. The van der Waals surface area contributed by atoms with Gasteiger partial charge in [-0.2, -0.15) is 0 Å². The van der Waals surface area contributed by atoms with Gasteiger partial charge >= 0.3 is 0 Å². The molecule has 1 unspecified atom stereocenters. The van der Waals surface area contributed by atoms with E-state index in [9.17, 15) is 0 Å². The van der Waals surface area contributed by atoms with E-state index < -0.39 is 0 Å². The molecule has 0 saturated heterocycles. The number of carbonyl (C=O) groups excluding carboxylic acids is 1. The van der Waals surface area contributed by atoms with E-state index in [4.69, 9.17) is 4.79 Å². The fourth-order valence-electron chi connectivity index (χ4n) is 2.70. The molecule has 0 aliphatic carbocycles. The lowest BCUT2D eigenvalue weighted by Crippen LogP contribution is -1.98. The van der Waals surface area contributed by atoms with E-state index >= 15 is 0 Å². The fraction of sp³-hybridized carbons (Fsp3) is 0.211. The van der Waals surface area contributed by atoms with Crippen molar-refractivity contribution in [2.24, 2.45) is 0 Å². The molecular weight excluding hydrogens is 272 g/mol. The third-order valence-corrected chi connectivity index (χ3v) is 3.72.